The number of amides is 1. The summed E-state index contributed by atoms with van der Waals surface area (Å²) >= 11 is 0. The first kappa shape index (κ1) is 15.2. The maximum atomic E-state index is 12.5. The maximum Gasteiger partial charge on any atom is 0.293 e. The Hall–Kier alpha value is -2.20. The molecule has 1 amide bonds. The summed E-state index contributed by atoms with van der Waals surface area (Å²) in [5.41, 5.74) is 5.24. The molecule has 0 spiro atoms. The van der Waals surface area contributed by atoms with Crippen molar-refractivity contribution in [2.24, 2.45) is 0 Å². The first-order valence-electron chi connectivity index (χ1n) is 6.05. The second-order valence-corrected chi connectivity index (χ2v) is 6.53. The van der Waals surface area contributed by atoms with E-state index in [9.17, 15) is 23.3 Å². The van der Waals surface area contributed by atoms with Gasteiger partial charge in [-0.15, -0.1) is 0 Å². The van der Waals surface area contributed by atoms with Gasteiger partial charge in [0.05, 0.1) is 16.4 Å². The third-order valence-electron chi connectivity index (χ3n) is 3.14. The summed E-state index contributed by atoms with van der Waals surface area (Å²) in [7, 11) is -3.99. The van der Waals surface area contributed by atoms with Crippen LogP contribution in [0.15, 0.2) is 17.0 Å². The van der Waals surface area contributed by atoms with Crippen LogP contribution in [0.25, 0.3) is 0 Å². The van der Waals surface area contributed by atoms with Crippen molar-refractivity contribution in [3.8, 4) is 0 Å². The standard InChI is InChI=1S/C11H14N4O5S/c1-7-4-8(12)9(15(17)18)5-10(7)21(19,20)14-3-2-13-11(16)6-14/h4-5H,2-3,6,12H2,1H3,(H,13,16). The van der Waals surface area contributed by atoms with Crippen molar-refractivity contribution in [1.82, 2.24) is 9.62 Å². The van der Waals surface area contributed by atoms with Crippen LogP contribution < -0.4 is 11.1 Å². The number of anilines is 1. The van der Waals surface area contributed by atoms with Crippen molar-refractivity contribution < 1.29 is 18.1 Å². The number of nitrogens with two attached hydrogens (primary N) is 1. The number of carbonyl (C=O) groups excluding carboxylic acids is 1. The van der Waals surface area contributed by atoms with Gasteiger partial charge in [0.1, 0.15) is 5.69 Å². The number of nitro benzene ring substituents is 1. The summed E-state index contributed by atoms with van der Waals surface area (Å²) in [4.78, 5) is 21.3. The molecule has 0 unspecified atom stereocenters. The SMILES string of the molecule is Cc1cc(N)c([N+](=O)[O-])cc1S(=O)(=O)N1CCNC(=O)C1. The van der Waals surface area contributed by atoms with E-state index in [1.54, 1.807) is 0 Å². The van der Waals surface area contributed by atoms with Gasteiger partial charge in [-0.05, 0) is 18.6 Å². The molecule has 1 aliphatic heterocycles. The second kappa shape index (κ2) is 5.30. The fraction of sp³-hybridized carbons (Fsp3) is 0.364. The molecule has 1 saturated heterocycles. The molecule has 1 fully saturated rings. The lowest BCUT2D eigenvalue weighted by molar-refractivity contribution is -0.384. The first-order valence-corrected chi connectivity index (χ1v) is 7.49. The molecule has 0 bridgehead atoms. The molecule has 1 heterocycles. The number of nitrogen functional groups attached to an aromatic ring is 1. The monoisotopic (exact) mass is 314 g/mol. The quantitative estimate of drug-likeness (QED) is 0.443. The van der Waals surface area contributed by atoms with Crippen molar-refractivity contribution in [2.75, 3.05) is 25.4 Å². The Labute approximate surface area is 120 Å². The lowest BCUT2D eigenvalue weighted by Crippen LogP contribution is -2.49. The summed E-state index contributed by atoms with van der Waals surface area (Å²) in [5, 5.41) is 13.4. The molecule has 21 heavy (non-hydrogen) atoms. The van der Waals surface area contributed by atoms with Gasteiger partial charge in [0.15, 0.2) is 0 Å². The van der Waals surface area contributed by atoms with Crippen LogP contribution in [0.1, 0.15) is 5.56 Å². The number of sulfonamides is 1. The average molecular weight is 314 g/mol. The molecular formula is C11H14N4O5S. The van der Waals surface area contributed by atoms with Crippen LogP contribution in [-0.2, 0) is 14.8 Å². The van der Waals surface area contributed by atoms with Crippen molar-refractivity contribution in [1.29, 1.82) is 0 Å². The minimum atomic E-state index is -3.99. The molecule has 3 N–H and O–H groups in total. The number of nitrogens with one attached hydrogen (secondary N) is 1. The predicted molar refractivity (Wildman–Crippen MR) is 74.0 cm³/mol. The van der Waals surface area contributed by atoms with E-state index < -0.39 is 26.5 Å². The molecular weight excluding hydrogens is 300 g/mol. The predicted octanol–water partition coefficient (Wildman–Crippen LogP) is -0.394. The van der Waals surface area contributed by atoms with Gasteiger partial charge in [0.25, 0.3) is 5.69 Å². The van der Waals surface area contributed by atoms with Gasteiger partial charge in [0, 0.05) is 19.2 Å². The van der Waals surface area contributed by atoms with Crippen LogP contribution in [-0.4, -0.2) is 43.2 Å². The van der Waals surface area contributed by atoms with E-state index in [0.29, 0.717) is 5.56 Å². The fourth-order valence-electron chi connectivity index (χ4n) is 2.10. The molecule has 2 rings (SSSR count). The number of aryl methyl sites for hydroxylation is 1. The topological polar surface area (TPSA) is 136 Å². The molecule has 1 aromatic carbocycles. The largest absolute Gasteiger partial charge is 0.393 e. The Bertz CT molecular complexity index is 716. The summed E-state index contributed by atoms with van der Waals surface area (Å²) in [5.74, 6) is -0.410. The molecule has 0 atom stereocenters. The Morgan fingerprint density at radius 2 is 2.10 bits per heavy atom. The number of benzene rings is 1. The first-order chi connectivity index (χ1) is 9.73. The second-order valence-electron chi connectivity index (χ2n) is 4.62. The lowest BCUT2D eigenvalue weighted by Gasteiger charge is -2.26. The summed E-state index contributed by atoms with van der Waals surface area (Å²) in [6.45, 7) is 1.51. The number of hydrogen-bond donors (Lipinski definition) is 2. The highest BCUT2D eigenvalue weighted by atomic mass is 32.2. The molecule has 0 radical (unpaired) electrons. The highest BCUT2D eigenvalue weighted by Gasteiger charge is 2.32. The van der Waals surface area contributed by atoms with Gasteiger partial charge in [-0.3, -0.25) is 14.9 Å². The van der Waals surface area contributed by atoms with Gasteiger partial charge < -0.3 is 11.1 Å². The van der Waals surface area contributed by atoms with Crippen LogP contribution in [0.3, 0.4) is 0 Å². The average Bonchev–Trinajstić information content (AvgIpc) is 2.37. The molecule has 9 nitrogen and oxygen atoms in total. The number of carbonyl (C=O) groups is 1. The minimum absolute atomic E-state index is 0.104. The maximum absolute atomic E-state index is 12.5. The molecule has 1 aromatic rings. The van der Waals surface area contributed by atoms with Crippen LogP contribution in [0.5, 0.6) is 0 Å². The zero-order chi connectivity index (χ0) is 15.8. The molecule has 10 heteroatoms. The Balaban J connectivity index is 2.51. The van der Waals surface area contributed by atoms with E-state index in [1.165, 1.54) is 13.0 Å². The summed E-state index contributed by atoms with van der Waals surface area (Å²) < 4.78 is 26.0. The number of hydrogen-bond acceptors (Lipinski definition) is 6. The van der Waals surface area contributed by atoms with Crippen molar-refractivity contribution in [3.63, 3.8) is 0 Å². The van der Waals surface area contributed by atoms with Crippen LogP contribution in [0, 0.1) is 17.0 Å². The molecule has 0 aromatic heterocycles. The van der Waals surface area contributed by atoms with Gasteiger partial charge >= 0.3 is 0 Å². The molecule has 1 aliphatic rings. The number of piperazine rings is 1. The van der Waals surface area contributed by atoms with Crippen molar-refractivity contribution in [3.05, 3.63) is 27.8 Å². The number of nitrogens with zero attached hydrogens (tertiary/aromatic N) is 2. The highest BCUT2D eigenvalue weighted by Crippen LogP contribution is 2.30. The zero-order valence-corrected chi connectivity index (χ0v) is 12.0. The summed E-state index contributed by atoms with van der Waals surface area (Å²) in [6, 6.07) is 2.18. The van der Waals surface area contributed by atoms with E-state index in [0.717, 1.165) is 10.4 Å². The molecule has 0 aliphatic carbocycles. The summed E-state index contributed by atoms with van der Waals surface area (Å²) in [6.07, 6.45) is 0. The Kier molecular flexibility index (Phi) is 3.83. The zero-order valence-electron chi connectivity index (χ0n) is 11.2. The lowest BCUT2D eigenvalue weighted by atomic mass is 10.2. The van der Waals surface area contributed by atoms with Gasteiger partial charge in [-0.2, -0.15) is 4.31 Å². The van der Waals surface area contributed by atoms with E-state index in [2.05, 4.69) is 5.32 Å². The van der Waals surface area contributed by atoms with Gasteiger partial charge in [0.2, 0.25) is 15.9 Å². The highest BCUT2D eigenvalue weighted by molar-refractivity contribution is 7.89. The Morgan fingerprint density at radius 3 is 2.67 bits per heavy atom. The van der Waals surface area contributed by atoms with Crippen molar-refractivity contribution >= 4 is 27.3 Å². The van der Waals surface area contributed by atoms with Crippen LogP contribution >= 0.6 is 0 Å². The van der Waals surface area contributed by atoms with Crippen LogP contribution in [0.2, 0.25) is 0 Å². The van der Waals surface area contributed by atoms with E-state index in [-0.39, 0.29) is 30.2 Å². The van der Waals surface area contributed by atoms with E-state index >= 15 is 0 Å². The third-order valence-corrected chi connectivity index (χ3v) is 5.13. The number of nitro groups is 1. The number of rotatable bonds is 3. The van der Waals surface area contributed by atoms with E-state index in [4.69, 9.17) is 5.73 Å². The molecule has 114 valence electrons. The minimum Gasteiger partial charge on any atom is -0.393 e. The van der Waals surface area contributed by atoms with Crippen molar-refractivity contribution in [2.45, 2.75) is 11.8 Å². The molecule has 0 saturated carbocycles. The van der Waals surface area contributed by atoms with E-state index in [1.807, 2.05) is 0 Å². The van der Waals surface area contributed by atoms with Gasteiger partial charge in [-0.1, -0.05) is 0 Å². The fourth-order valence-corrected chi connectivity index (χ4v) is 3.72. The Morgan fingerprint density at radius 1 is 1.43 bits per heavy atom. The van der Waals surface area contributed by atoms with Crippen LogP contribution in [0.4, 0.5) is 11.4 Å². The third kappa shape index (κ3) is 2.81. The normalized spacial score (nSPS) is 16.5. The smallest absolute Gasteiger partial charge is 0.293 e. The van der Waals surface area contributed by atoms with Gasteiger partial charge in [-0.25, -0.2) is 8.42 Å².